The van der Waals surface area contributed by atoms with Gasteiger partial charge >= 0.3 is 30.3 Å². The Morgan fingerprint density at radius 3 is 1.42 bits per heavy atom. The highest BCUT2D eigenvalue weighted by atomic mass is 19.3. The van der Waals surface area contributed by atoms with Gasteiger partial charge in [-0.2, -0.15) is 35.1 Å². The molecule has 0 aliphatic heterocycles. The van der Waals surface area contributed by atoms with Crippen LogP contribution in [-0.2, 0) is 19.1 Å². The lowest BCUT2D eigenvalue weighted by Gasteiger charge is -2.31. The highest BCUT2D eigenvalue weighted by Crippen LogP contribution is 2.43. The average molecular weight is 375 g/mol. The lowest BCUT2D eigenvalue weighted by Crippen LogP contribution is -2.56. The fourth-order valence-electron chi connectivity index (χ4n) is 1.25. The summed E-state index contributed by atoms with van der Waals surface area (Å²) in [5.41, 5.74) is 0. The number of rotatable bonds is 9. The lowest BCUT2D eigenvalue weighted by atomic mass is 10.4. The predicted molar refractivity (Wildman–Crippen MR) is 60.6 cm³/mol. The summed E-state index contributed by atoms with van der Waals surface area (Å²) in [5, 5.41) is 0. The maximum atomic E-state index is 13.3. The van der Waals surface area contributed by atoms with E-state index in [1.165, 1.54) is 13.8 Å². The first-order valence-electron chi connectivity index (χ1n) is 6.26. The third kappa shape index (κ3) is 5.00. The first kappa shape index (κ1) is 22.5. The molecule has 142 valence electrons. The van der Waals surface area contributed by atoms with Crippen molar-refractivity contribution in [3.8, 4) is 0 Å². The van der Waals surface area contributed by atoms with Gasteiger partial charge in [-0.3, -0.25) is 9.59 Å². The van der Waals surface area contributed by atoms with E-state index in [1.807, 2.05) is 0 Å². The molecule has 0 aromatic rings. The Bertz CT molecular complexity index is 479. The summed E-state index contributed by atoms with van der Waals surface area (Å²) in [6.45, 7) is 1.61. The van der Waals surface area contributed by atoms with Crippen LogP contribution in [0.3, 0.4) is 0 Å². The first-order chi connectivity index (χ1) is 10.5. The van der Waals surface area contributed by atoms with Gasteiger partial charge in [-0.1, -0.05) is 0 Å². The molecule has 0 N–H and O–H groups in total. The molecule has 0 aliphatic carbocycles. The fraction of sp³-hybridized carbons (Fsp3) is 0.818. The Morgan fingerprint density at radius 2 is 1.12 bits per heavy atom. The second kappa shape index (κ2) is 7.17. The molecule has 0 radical (unpaired) electrons. The van der Waals surface area contributed by atoms with Crippen molar-refractivity contribution in [2.75, 3.05) is 13.1 Å². The van der Waals surface area contributed by atoms with E-state index in [0.717, 1.165) is 0 Å². The molecule has 0 heterocycles. The van der Waals surface area contributed by atoms with Crippen LogP contribution in [0.2, 0.25) is 0 Å². The normalized spacial score (nSPS) is 13.8. The van der Waals surface area contributed by atoms with E-state index in [9.17, 15) is 44.7 Å². The summed E-state index contributed by atoms with van der Waals surface area (Å²) in [7, 11) is 0. The SMILES string of the molecule is CCN(CC)C(=O)C(F)(F)OC(F)(F)C(F)(F)OC(F)(F)C(C)=O. The largest absolute Gasteiger partial charge is 0.453 e. The third-order valence-electron chi connectivity index (χ3n) is 2.56. The number of nitrogens with zero attached hydrogens (tertiary/aromatic N) is 1. The standard InChI is InChI=1S/C11H13F8NO4/c1-4-20(5-2)7(22)9(14,15)24-11(18,19)10(16,17)23-8(12,13)6(3)21/h4-5H2,1-3H3. The smallest absolute Gasteiger partial charge is 0.336 e. The molecule has 1 amide bonds. The van der Waals surface area contributed by atoms with Crippen molar-refractivity contribution < 1.29 is 54.2 Å². The minimum atomic E-state index is -6.35. The number of likely N-dealkylation sites (N-methyl/N-ethyl adjacent to an activating group) is 1. The number of alkyl halides is 8. The number of carbonyl (C=O) groups is 2. The van der Waals surface area contributed by atoms with Gasteiger partial charge in [0.2, 0.25) is 5.78 Å². The van der Waals surface area contributed by atoms with Crippen molar-refractivity contribution >= 4 is 11.7 Å². The van der Waals surface area contributed by atoms with Gasteiger partial charge in [0.1, 0.15) is 0 Å². The van der Waals surface area contributed by atoms with Gasteiger partial charge in [0.15, 0.2) is 0 Å². The van der Waals surface area contributed by atoms with Crippen molar-refractivity contribution in [2.45, 2.75) is 45.2 Å². The van der Waals surface area contributed by atoms with E-state index < -0.39 is 49.2 Å². The quantitative estimate of drug-likeness (QED) is 0.582. The van der Waals surface area contributed by atoms with Gasteiger partial charge in [0, 0.05) is 20.0 Å². The second-order valence-electron chi connectivity index (χ2n) is 4.30. The maximum Gasteiger partial charge on any atom is 0.453 e. The van der Waals surface area contributed by atoms with Crippen molar-refractivity contribution in [3.63, 3.8) is 0 Å². The lowest BCUT2D eigenvalue weighted by molar-refractivity contribution is -0.500. The molecule has 0 rings (SSSR count). The Kier molecular flexibility index (Phi) is 6.72. The van der Waals surface area contributed by atoms with Crippen molar-refractivity contribution in [1.82, 2.24) is 4.90 Å². The van der Waals surface area contributed by atoms with E-state index in [-0.39, 0.29) is 11.8 Å². The molecule has 0 saturated carbocycles. The zero-order valence-corrected chi connectivity index (χ0v) is 12.5. The summed E-state index contributed by atoms with van der Waals surface area (Å²) >= 11 is 0. The minimum absolute atomic E-state index is 0.0353. The van der Waals surface area contributed by atoms with Gasteiger partial charge in [-0.15, -0.1) is 0 Å². The molecule has 13 heteroatoms. The maximum absolute atomic E-state index is 13.3. The molecule has 0 unspecified atom stereocenters. The van der Waals surface area contributed by atoms with Crippen LogP contribution in [0.5, 0.6) is 0 Å². The molecule has 0 saturated heterocycles. The Labute approximate surface area is 130 Å². The van der Waals surface area contributed by atoms with Crippen LogP contribution in [0.4, 0.5) is 35.1 Å². The number of amides is 1. The second-order valence-corrected chi connectivity index (χ2v) is 4.30. The molecule has 0 spiro atoms. The van der Waals surface area contributed by atoms with Crippen LogP contribution in [0.25, 0.3) is 0 Å². The molecule has 0 aromatic carbocycles. The highest BCUT2D eigenvalue weighted by molar-refractivity contribution is 5.82. The molecule has 0 fully saturated rings. The molecule has 0 aromatic heterocycles. The van der Waals surface area contributed by atoms with Gasteiger partial charge in [-0.25, -0.2) is 9.47 Å². The van der Waals surface area contributed by atoms with Crippen molar-refractivity contribution in [2.24, 2.45) is 0 Å². The van der Waals surface area contributed by atoms with Gasteiger partial charge in [-0.05, 0) is 13.8 Å². The van der Waals surface area contributed by atoms with Gasteiger partial charge < -0.3 is 4.90 Å². The Balaban J connectivity index is 5.44. The number of ketones is 1. The number of Topliss-reactive ketones (excluding diaryl/α,β-unsaturated/α-hetero) is 1. The number of ether oxygens (including phenoxy) is 2. The van der Waals surface area contributed by atoms with Gasteiger partial charge in [0.25, 0.3) is 0 Å². The molecule has 24 heavy (non-hydrogen) atoms. The minimum Gasteiger partial charge on any atom is -0.336 e. The van der Waals surface area contributed by atoms with Crippen LogP contribution >= 0.6 is 0 Å². The molecule has 0 bridgehead atoms. The summed E-state index contributed by atoms with van der Waals surface area (Å²) in [6, 6.07) is 0. The summed E-state index contributed by atoms with van der Waals surface area (Å²) in [5.74, 6) is -4.77. The number of hydrogen-bond acceptors (Lipinski definition) is 4. The van der Waals surface area contributed by atoms with Crippen LogP contribution < -0.4 is 0 Å². The number of halogens is 8. The summed E-state index contributed by atoms with van der Waals surface area (Å²) in [4.78, 5) is 21.9. The topological polar surface area (TPSA) is 55.8 Å². The average Bonchev–Trinajstić information content (AvgIpc) is 2.37. The van der Waals surface area contributed by atoms with Crippen LogP contribution in [0.15, 0.2) is 0 Å². The molecule has 5 nitrogen and oxygen atoms in total. The Morgan fingerprint density at radius 1 is 0.792 bits per heavy atom. The first-order valence-corrected chi connectivity index (χ1v) is 6.26. The number of carbonyl (C=O) groups excluding carboxylic acids is 2. The summed E-state index contributed by atoms with van der Waals surface area (Å²) in [6.07, 6.45) is -23.5. The summed E-state index contributed by atoms with van der Waals surface area (Å²) < 4.78 is 109. The molecule has 0 aliphatic rings. The monoisotopic (exact) mass is 375 g/mol. The van der Waals surface area contributed by atoms with Crippen LogP contribution in [0, 0.1) is 0 Å². The van der Waals surface area contributed by atoms with E-state index in [1.54, 1.807) is 0 Å². The van der Waals surface area contributed by atoms with Crippen LogP contribution in [0.1, 0.15) is 20.8 Å². The molecular weight excluding hydrogens is 362 g/mol. The van der Waals surface area contributed by atoms with Gasteiger partial charge in [0.05, 0.1) is 0 Å². The highest BCUT2D eigenvalue weighted by Gasteiger charge is 2.69. The van der Waals surface area contributed by atoms with E-state index in [2.05, 4.69) is 9.47 Å². The third-order valence-corrected chi connectivity index (χ3v) is 2.56. The fourth-order valence-corrected chi connectivity index (χ4v) is 1.25. The van der Waals surface area contributed by atoms with Crippen molar-refractivity contribution in [1.29, 1.82) is 0 Å². The molecular formula is C11H13F8NO4. The zero-order valence-electron chi connectivity index (χ0n) is 12.5. The van der Waals surface area contributed by atoms with E-state index in [0.29, 0.717) is 0 Å². The Hall–Kier alpha value is -1.50. The van der Waals surface area contributed by atoms with E-state index >= 15 is 0 Å². The van der Waals surface area contributed by atoms with Crippen LogP contribution in [-0.4, -0.2) is 54.1 Å². The van der Waals surface area contributed by atoms with E-state index in [4.69, 9.17) is 0 Å². The zero-order chi connectivity index (χ0) is 19.6. The predicted octanol–water partition coefficient (Wildman–Crippen LogP) is 2.85. The van der Waals surface area contributed by atoms with Crippen molar-refractivity contribution in [3.05, 3.63) is 0 Å². The molecule has 0 atom stereocenters. The number of hydrogen-bond donors (Lipinski definition) is 0.